The summed E-state index contributed by atoms with van der Waals surface area (Å²) in [6.07, 6.45) is 3.08. The smallest absolute Gasteiger partial charge is 0.250 e. The molecule has 2 N–H and O–H groups in total. The number of azo groups is 1. The van der Waals surface area contributed by atoms with Gasteiger partial charge in [-0.3, -0.25) is 9.78 Å². The van der Waals surface area contributed by atoms with Crippen molar-refractivity contribution >= 4 is 5.91 Å². The van der Waals surface area contributed by atoms with Crippen LogP contribution in [0.3, 0.4) is 0 Å². The molecule has 0 fully saturated rings. The first-order chi connectivity index (χ1) is 15.2. The highest BCUT2D eigenvalue weighted by molar-refractivity contribution is 6.00. The number of carbonyl (C=O) groups is 1. The molecule has 1 aromatic carbocycles. The maximum atomic E-state index is 13.6. The number of benzene rings is 1. The summed E-state index contributed by atoms with van der Waals surface area (Å²) in [7, 11) is 0. The molecule has 0 aliphatic carbocycles. The number of aryl methyl sites for hydroxylation is 1. The van der Waals surface area contributed by atoms with Gasteiger partial charge in [0.2, 0.25) is 0 Å². The van der Waals surface area contributed by atoms with E-state index in [1.54, 1.807) is 0 Å². The third-order valence-corrected chi connectivity index (χ3v) is 6.90. The van der Waals surface area contributed by atoms with Gasteiger partial charge in [0.1, 0.15) is 0 Å². The molecule has 0 radical (unpaired) electrons. The van der Waals surface area contributed by atoms with Gasteiger partial charge in [-0.15, -0.1) is 0 Å². The minimum Gasteiger partial charge on any atom is -0.362 e. The molecular weight excluding hydrogens is 398 g/mol. The number of hydrogen-bond acceptors (Lipinski definition) is 5. The normalized spacial score (nSPS) is 25.9. The standard InChI is InChI=1S/C26H29N5O/c1-6-26(19-9-7-8-17(13-19)18-10-11-27-15(2)12-18)21-16(3)30-31-23(21)28-20-14-25(4,5)29-24(32)22(20)26/h7-13,23,28H,6,14H2,1-5H3,(H,29,32). The highest BCUT2D eigenvalue weighted by atomic mass is 16.2. The van der Waals surface area contributed by atoms with E-state index in [-0.39, 0.29) is 17.6 Å². The monoisotopic (exact) mass is 427 g/mol. The first-order valence-corrected chi connectivity index (χ1v) is 11.2. The molecule has 1 amide bonds. The summed E-state index contributed by atoms with van der Waals surface area (Å²) in [5, 5.41) is 15.7. The minimum absolute atomic E-state index is 0.0126. The molecule has 2 aromatic rings. The van der Waals surface area contributed by atoms with Crippen LogP contribution in [0.1, 0.15) is 51.8 Å². The lowest BCUT2D eigenvalue weighted by Gasteiger charge is -2.48. The molecule has 6 nitrogen and oxygen atoms in total. The Hall–Kier alpha value is -3.28. The Bertz CT molecular complexity index is 1220. The second-order valence-corrected chi connectivity index (χ2v) is 9.66. The number of aromatic nitrogens is 1. The lowest BCUT2D eigenvalue weighted by Crippen LogP contribution is -2.58. The van der Waals surface area contributed by atoms with Crippen LogP contribution in [0.15, 0.2) is 75.4 Å². The average molecular weight is 428 g/mol. The van der Waals surface area contributed by atoms with E-state index in [0.717, 1.165) is 57.8 Å². The molecule has 4 heterocycles. The van der Waals surface area contributed by atoms with Gasteiger partial charge in [-0.2, -0.15) is 10.2 Å². The highest BCUT2D eigenvalue weighted by Gasteiger charge is 2.54. The Balaban J connectivity index is 1.77. The number of nitrogens with zero attached hydrogens (tertiary/aromatic N) is 3. The number of amides is 1. The van der Waals surface area contributed by atoms with Crippen molar-refractivity contribution in [3.63, 3.8) is 0 Å². The van der Waals surface area contributed by atoms with Crippen LogP contribution in [-0.2, 0) is 10.2 Å². The predicted octanol–water partition coefficient (Wildman–Crippen LogP) is 4.93. The Morgan fingerprint density at radius 3 is 2.66 bits per heavy atom. The van der Waals surface area contributed by atoms with Crippen LogP contribution in [0.5, 0.6) is 0 Å². The number of pyridine rings is 1. The third kappa shape index (κ3) is 3.00. The van der Waals surface area contributed by atoms with Gasteiger partial charge in [0.25, 0.3) is 5.91 Å². The average Bonchev–Trinajstić information content (AvgIpc) is 3.12. The summed E-state index contributed by atoms with van der Waals surface area (Å²) in [4.78, 5) is 17.9. The van der Waals surface area contributed by atoms with E-state index in [0.29, 0.717) is 0 Å². The Kier molecular flexibility index (Phi) is 4.59. The molecule has 3 aliphatic heterocycles. The highest BCUT2D eigenvalue weighted by Crippen LogP contribution is 2.52. The Morgan fingerprint density at radius 2 is 1.91 bits per heavy atom. The summed E-state index contributed by atoms with van der Waals surface area (Å²) < 4.78 is 0. The number of rotatable bonds is 3. The van der Waals surface area contributed by atoms with Crippen molar-refractivity contribution in [2.24, 2.45) is 10.2 Å². The van der Waals surface area contributed by atoms with Crippen LogP contribution in [0.25, 0.3) is 11.1 Å². The number of carbonyl (C=O) groups excluding carboxylic acids is 1. The number of hydrogen-bond donors (Lipinski definition) is 2. The van der Waals surface area contributed by atoms with Gasteiger partial charge in [-0.1, -0.05) is 25.1 Å². The lowest BCUT2D eigenvalue weighted by atomic mass is 9.61. The fourth-order valence-electron chi connectivity index (χ4n) is 5.61. The summed E-state index contributed by atoms with van der Waals surface area (Å²) in [5.41, 5.74) is 7.16. The molecule has 0 bridgehead atoms. The van der Waals surface area contributed by atoms with Crippen molar-refractivity contribution in [3.05, 3.63) is 76.4 Å². The lowest BCUT2D eigenvalue weighted by molar-refractivity contribution is -0.120. The van der Waals surface area contributed by atoms with Crippen LogP contribution in [0.4, 0.5) is 0 Å². The zero-order valence-electron chi connectivity index (χ0n) is 19.3. The number of nitrogens with one attached hydrogen (secondary N) is 2. The molecule has 0 saturated carbocycles. The SMILES string of the molecule is CCC1(c2cccc(-c3ccnc(C)c3)c2)C2=C(CC(C)(C)NC2=O)NC2N=NC(C)=C21. The largest absolute Gasteiger partial charge is 0.362 e. The molecule has 6 heteroatoms. The van der Waals surface area contributed by atoms with Crippen molar-refractivity contribution in [2.75, 3.05) is 0 Å². The van der Waals surface area contributed by atoms with E-state index in [4.69, 9.17) is 0 Å². The van der Waals surface area contributed by atoms with Gasteiger partial charge >= 0.3 is 0 Å². The molecule has 5 rings (SSSR count). The summed E-state index contributed by atoms with van der Waals surface area (Å²) >= 11 is 0. The van der Waals surface area contributed by atoms with Gasteiger partial charge < -0.3 is 10.6 Å². The van der Waals surface area contributed by atoms with Crippen LogP contribution in [0, 0.1) is 6.92 Å². The number of fused-ring (bicyclic) bond motifs is 1. The first-order valence-electron chi connectivity index (χ1n) is 11.2. The topological polar surface area (TPSA) is 78.7 Å². The molecule has 1 aromatic heterocycles. The minimum atomic E-state index is -0.586. The van der Waals surface area contributed by atoms with Gasteiger partial charge in [0.05, 0.1) is 16.7 Å². The van der Waals surface area contributed by atoms with Crippen molar-refractivity contribution in [2.45, 2.75) is 64.6 Å². The predicted molar refractivity (Wildman–Crippen MR) is 125 cm³/mol. The summed E-state index contributed by atoms with van der Waals surface area (Å²) in [6, 6.07) is 12.7. The Labute approximate surface area is 188 Å². The molecule has 32 heavy (non-hydrogen) atoms. The molecule has 2 atom stereocenters. The zero-order chi connectivity index (χ0) is 22.7. The van der Waals surface area contributed by atoms with Gasteiger partial charge in [0.15, 0.2) is 6.17 Å². The summed E-state index contributed by atoms with van der Waals surface area (Å²) in [5.74, 6) is -0.0126. The van der Waals surface area contributed by atoms with E-state index >= 15 is 0 Å². The maximum absolute atomic E-state index is 13.6. The second-order valence-electron chi connectivity index (χ2n) is 9.66. The molecule has 3 aliphatic rings. The van der Waals surface area contributed by atoms with Gasteiger partial charge in [0, 0.05) is 35.1 Å². The van der Waals surface area contributed by atoms with Crippen LogP contribution in [0.2, 0.25) is 0 Å². The van der Waals surface area contributed by atoms with E-state index < -0.39 is 5.41 Å². The third-order valence-electron chi connectivity index (χ3n) is 6.90. The van der Waals surface area contributed by atoms with E-state index in [1.807, 2.05) is 26.1 Å². The molecule has 2 unspecified atom stereocenters. The van der Waals surface area contributed by atoms with Crippen LogP contribution < -0.4 is 10.6 Å². The Morgan fingerprint density at radius 1 is 1.12 bits per heavy atom. The van der Waals surface area contributed by atoms with Crippen molar-refractivity contribution in [1.82, 2.24) is 15.6 Å². The maximum Gasteiger partial charge on any atom is 0.250 e. The molecule has 0 spiro atoms. The second kappa shape index (κ2) is 7.12. The van der Waals surface area contributed by atoms with Crippen molar-refractivity contribution < 1.29 is 4.79 Å². The number of allylic oxidation sites excluding steroid dienone is 1. The van der Waals surface area contributed by atoms with E-state index in [9.17, 15) is 4.79 Å². The van der Waals surface area contributed by atoms with Crippen molar-refractivity contribution in [3.8, 4) is 11.1 Å². The summed E-state index contributed by atoms with van der Waals surface area (Å²) in [6.45, 7) is 10.3. The van der Waals surface area contributed by atoms with Crippen LogP contribution >= 0.6 is 0 Å². The fraction of sp³-hybridized carbons (Fsp3) is 0.385. The van der Waals surface area contributed by atoms with Crippen molar-refractivity contribution in [1.29, 1.82) is 0 Å². The first kappa shape index (κ1) is 20.6. The van der Waals surface area contributed by atoms with Crippen LogP contribution in [-0.4, -0.2) is 22.6 Å². The molecule has 164 valence electrons. The van der Waals surface area contributed by atoms with E-state index in [2.05, 4.69) is 76.9 Å². The van der Waals surface area contributed by atoms with E-state index in [1.165, 1.54) is 0 Å². The van der Waals surface area contributed by atoms with Gasteiger partial charge in [-0.25, -0.2) is 0 Å². The quantitative estimate of drug-likeness (QED) is 0.729. The van der Waals surface area contributed by atoms with Gasteiger partial charge in [-0.05, 0) is 69.0 Å². The molecular formula is C26H29N5O. The molecule has 0 saturated heterocycles. The zero-order valence-corrected chi connectivity index (χ0v) is 19.3. The fourth-order valence-corrected chi connectivity index (χ4v) is 5.61.